The normalized spacial score (nSPS) is 10.4. The van der Waals surface area contributed by atoms with Crippen LogP contribution in [0.15, 0.2) is 46.9 Å². The zero-order valence-electron chi connectivity index (χ0n) is 12.0. The van der Waals surface area contributed by atoms with Gasteiger partial charge in [-0.15, -0.1) is 0 Å². The van der Waals surface area contributed by atoms with Crippen LogP contribution in [-0.4, -0.2) is 17.9 Å². The molecular formula is C17H18BrNO. The first-order valence-electron chi connectivity index (χ1n) is 6.54. The van der Waals surface area contributed by atoms with Gasteiger partial charge in [0.25, 0.3) is 5.91 Å². The van der Waals surface area contributed by atoms with E-state index in [1.807, 2.05) is 63.4 Å². The van der Waals surface area contributed by atoms with Crippen molar-refractivity contribution in [3.8, 4) is 0 Å². The maximum absolute atomic E-state index is 12.5. The molecule has 2 nitrogen and oxygen atoms in total. The van der Waals surface area contributed by atoms with Crippen LogP contribution in [0, 0.1) is 13.8 Å². The summed E-state index contributed by atoms with van der Waals surface area (Å²) in [4.78, 5) is 14.3. The fourth-order valence-corrected chi connectivity index (χ4v) is 2.37. The number of amides is 1. The minimum Gasteiger partial charge on any atom is -0.337 e. The number of carbonyl (C=O) groups excluding carboxylic acids is 1. The van der Waals surface area contributed by atoms with Crippen molar-refractivity contribution < 1.29 is 4.79 Å². The van der Waals surface area contributed by atoms with Gasteiger partial charge in [0.05, 0.1) is 0 Å². The Morgan fingerprint density at radius 2 is 1.75 bits per heavy atom. The van der Waals surface area contributed by atoms with Gasteiger partial charge in [-0.2, -0.15) is 0 Å². The Labute approximate surface area is 128 Å². The minimum absolute atomic E-state index is 0.0640. The molecule has 0 unspecified atom stereocenters. The first-order chi connectivity index (χ1) is 9.47. The Balaban J connectivity index is 2.16. The van der Waals surface area contributed by atoms with Gasteiger partial charge in [-0.25, -0.2) is 0 Å². The van der Waals surface area contributed by atoms with Crippen molar-refractivity contribution in [3.63, 3.8) is 0 Å². The first-order valence-corrected chi connectivity index (χ1v) is 7.34. The highest BCUT2D eigenvalue weighted by atomic mass is 79.9. The van der Waals surface area contributed by atoms with Crippen molar-refractivity contribution in [1.29, 1.82) is 0 Å². The third-order valence-corrected chi connectivity index (χ3v) is 3.83. The van der Waals surface area contributed by atoms with Crippen LogP contribution in [0.4, 0.5) is 0 Å². The largest absolute Gasteiger partial charge is 0.337 e. The summed E-state index contributed by atoms with van der Waals surface area (Å²) in [6.45, 7) is 4.59. The standard InChI is InChI=1S/C17H18BrNO/c1-12-4-5-13(2)16(10-12)17(20)19(3)11-14-6-8-15(18)9-7-14/h4-10H,11H2,1-3H3. The molecule has 104 valence electrons. The maximum atomic E-state index is 12.5. The molecule has 3 heteroatoms. The summed E-state index contributed by atoms with van der Waals surface area (Å²) in [6.07, 6.45) is 0. The van der Waals surface area contributed by atoms with Crippen LogP contribution < -0.4 is 0 Å². The molecule has 0 aliphatic carbocycles. The van der Waals surface area contributed by atoms with Crippen molar-refractivity contribution in [1.82, 2.24) is 4.90 Å². The monoisotopic (exact) mass is 331 g/mol. The van der Waals surface area contributed by atoms with Crippen LogP contribution in [0.5, 0.6) is 0 Å². The van der Waals surface area contributed by atoms with Crippen molar-refractivity contribution in [3.05, 3.63) is 69.2 Å². The van der Waals surface area contributed by atoms with Crippen molar-refractivity contribution in [2.45, 2.75) is 20.4 Å². The van der Waals surface area contributed by atoms with Gasteiger partial charge in [0.1, 0.15) is 0 Å². The molecule has 0 aliphatic rings. The van der Waals surface area contributed by atoms with E-state index in [0.717, 1.165) is 26.7 Å². The van der Waals surface area contributed by atoms with Crippen molar-refractivity contribution >= 4 is 21.8 Å². The topological polar surface area (TPSA) is 20.3 Å². The molecule has 0 atom stereocenters. The van der Waals surface area contributed by atoms with Crippen LogP contribution >= 0.6 is 15.9 Å². The third-order valence-electron chi connectivity index (χ3n) is 3.30. The molecule has 0 heterocycles. The fourth-order valence-electron chi connectivity index (χ4n) is 2.11. The minimum atomic E-state index is 0.0640. The number of hydrogen-bond acceptors (Lipinski definition) is 1. The Bertz CT molecular complexity index is 619. The maximum Gasteiger partial charge on any atom is 0.254 e. The Morgan fingerprint density at radius 1 is 1.10 bits per heavy atom. The smallest absolute Gasteiger partial charge is 0.254 e. The predicted octanol–water partition coefficient (Wildman–Crippen LogP) is 4.34. The van der Waals surface area contributed by atoms with Crippen LogP contribution in [0.2, 0.25) is 0 Å². The lowest BCUT2D eigenvalue weighted by atomic mass is 10.0. The lowest BCUT2D eigenvalue weighted by molar-refractivity contribution is 0.0784. The summed E-state index contributed by atoms with van der Waals surface area (Å²) in [5.74, 6) is 0.0640. The molecule has 0 aromatic heterocycles. The predicted molar refractivity (Wildman–Crippen MR) is 85.9 cm³/mol. The molecular weight excluding hydrogens is 314 g/mol. The highest BCUT2D eigenvalue weighted by Crippen LogP contribution is 2.16. The third kappa shape index (κ3) is 3.48. The molecule has 0 fully saturated rings. The number of hydrogen-bond donors (Lipinski definition) is 0. The summed E-state index contributed by atoms with van der Waals surface area (Å²) < 4.78 is 1.05. The second kappa shape index (κ2) is 6.23. The summed E-state index contributed by atoms with van der Waals surface area (Å²) in [5.41, 5.74) is 4.03. The molecule has 0 radical (unpaired) electrons. The van der Waals surface area contributed by atoms with Gasteiger partial charge in [-0.05, 0) is 43.2 Å². The zero-order chi connectivity index (χ0) is 14.7. The van der Waals surface area contributed by atoms with E-state index in [9.17, 15) is 4.79 Å². The van der Waals surface area contributed by atoms with Crippen LogP contribution in [0.3, 0.4) is 0 Å². The van der Waals surface area contributed by atoms with Crippen molar-refractivity contribution in [2.75, 3.05) is 7.05 Å². The summed E-state index contributed by atoms with van der Waals surface area (Å²) >= 11 is 3.41. The second-order valence-corrected chi connectivity index (χ2v) is 6.02. The molecule has 0 saturated carbocycles. The lowest BCUT2D eigenvalue weighted by Gasteiger charge is -2.19. The van der Waals surface area contributed by atoms with Gasteiger partial charge >= 0.3 is 0 Å². The molecule has 2 aromatic rings. The van der Waals surface area contributed by atoms with E-state index in [1.54, 1.807) is 4.90 Å². The van der Waals surface area contributed by atoms with Gasteiger partial charge in [0, 0.05) is 23.6 Å². The quantitative estimate of drug-likeness (QED) is 0.819. The molecule has 2 rings (SSSR count). The molecule has 0 spiro atoms. The van der Waals surface area contributed by atoms with Crippen LogP contribution in [0.1, 0.15) is 27.0 Å². The van der Waals surface area contributed by atoms with E-state index in [0.29, 0.717) is 6.54 Å². The van der Waals surface area contributed by atoms with E-state index in [-0.39, 0.29) is 5.91 Å². The van der Waals surface area contributed by atoms with E-state index in [2.05, 4.69) is 15.9 Å². The van der Waals surface area contributed by atoms with Crippen LogP contribution in [0.25, 0.3) is 0 Å². The lowest BCUT2D eigenvalue weighted by Crippen LogP contribution is -2.26. The highest BCUT2D eigenvalue weighted by Gasteiger charge is 2.14. The number of nitrogens with zero attached hydrogens (tertiary/aromatic N) is 1. The number of rotatable bonds is 3. The van der Waals surface area contributed by atoms with E-state index in [4.69, 9.17) is 0 Å². The summed E-state index contributed by atoms with van der Waals surface area (Å²) in [7, 11) is 1.84. The first kappa shape index (κ1) is 14.8. The van der Waals surface area contributed by atoms with E-state index in [1.165, 1.54) is 0 Å². The molecule has 1 amide bonds. The van der Waals surface area contributed by atoms with Gasteiger partial charge in [0.2, 0.25) is 0 Å². The number of aryl methyl sites for hydroxylation is 2. The SMILES string of the molecule is Cc1ccc(C)c(C(=O)N(C)Cc2ccc(Br)cc2)c1. The Morgan fingerprint density at radius 3 is 2.40 bits per heavy atom. The second-order valence-electron chi connectivity index (χ2n) is 5.11. The number of benzene rings is 2. The van der Waals surface area contributed by atoms with Crippen LogP contribution in [-0.2, 0) is 6.54 Å². The molecule has 0 N–H and O–H groups in total. The van der Waals surface area contributed by atoms with Gasteiger partial charge in [-0.1, -0.05) is 45.8 Å². The van der Waals surface area contributed by atoms with E-state index < -0.39 is 0 Å². The van der Waals surface area contributed by atoms with Gasteiger partial charge in [0.15, 0.2) is 0 Å². The van der Waals surface area contributed by atoms with Crippen molar-refractivity contribution in [2.24, 2.45) is 0 Å². The Kier molecular flexibility index (Phi) is 4.61. The molecule has 0 saturated heterocycles. The highest BCUT2D eigenvalue weighted by molar-refractivity contribution is 9.10. The average Bonchev–Trinajstić information content (AvgIpc) is 2.43. The molecule has 2 aromatic carbocycles. The molecule has 0 bridgehead atoms. The number of halogens is 1. The summed E-state index contributed by atoms with van der Waals surface area (Å²) in [6, 6.07) is 14.0. The average molecular weight is 332 g/mol. The van der Waals surface area contributed by atoms with Gasteiger partial charge in [-0.3, -0.25) is 4.79 Å². The number of carbonyl (C=O) groups is 1. The fraction of sp³-hybridized carbons (Fsp3) is 0.235. The van der Waals surface area contributed by atoms with E-state index >= 15 is 0 Å². The molecule has 20 heavy (non-hydrogen) atoms. The van der Waals surface area contributed by atoms with Gasteiger partial charge < -0.3 is 4.90 Å². The molecule has 0 aliphatic heterocycles. The Hall–Kier alpha value is -1.61. The summed E-state index contributed by atoms with van der Waals surface area (Å²) in [5, 5.41) is 0. The zero-order valence-corrected chi connectivity index (χ0v) is 13.6.